The summed E-state index contributed by atoms with van der Waals surface area (Å²) in [6, 6.07) is 3.35. The summed E-state index contributed by atoms with van der Waals surface area (Å²) in [6.07, 6.45) is 5.43. The van der Waals surface area contributed by atoms with E-state index in [-0.39, 0.29) is 12.4 Å². The van der Waals surface area contributed by atoms with Gasteiger partial charge in [0.15, 0.2) is 0 Å². The molecule has 6 heteroatoms. The fourth-order valence-electron chi connectivity index (χ4n) is 1.17. The topological polar surface area (TPSA) is 80.8 Å². The molecule has 0 aliphatic rings. The van der Waals surface area contributed by atoms with Gasteiger partial charge in [-0.1, -0.05) is 0 Å². The van der Waals surface area contributed by atoms with E-state index in [4.69, 9.17) is 4.74 Å². The molecule has 1 N–H and O–H groups in total. The molecule has 16 heavy (non-hydrogen) atoms. The van der Waals surface area contributed by atoms with Crippen molar-refractivity contribution in [3.8, 4) is 5.88 Å². The van der Waals surface area contributed by atoms with Crippen LogP contribution in [0, 0.1) is 0 Å². The number of carbonyl (C=O) groups is 1. The van der Waals surface area contributed by atoms with E-state index in [0.29, 0.717) is 12.3 Å². The Morgan fingerprint density at radius 2 is 2.31 bits per heavy atom. The van der Waals surface area contributed by atoms with Crippen LogP contribution >= 0.6 is 0 Å². The van der Waals surface area contributed by atoms with Crippen molar-refractivity contribution in [3.63, 3.8) is 0 Å². The molecular weight excluding hydrogens is 208 g/mol. The normalized spacial score (nSPS) is 10.0. The lowest BCUT2D eigenvalue weighted by molar-refractivity contribution is -0.134. The molecule has 0 atom stereocenters. The van der Waals surface area contributed by atoms with Gasteiger partial charge in [0.2, 0.25) is 5.88 Å². The zero-order chi connectivity index (χ0) is 11.2. The number of rotatable bonds is 4. The Kier molecular flexibility index (Phi) is 3.22. The third-order valence-electron chi connectivity index (χ3n) is 1.93. The smallest absolute Gasteiger partial charge is 0.312 e. The van der Waals surface area contributed by atoms with E-state index in [9.17, 15) is 4.79 Å². The van der Waals surface area contributed by atoms with Crippen LogP contribution in [0.15, 0.2) is 30.9 Å². The number of nitrogens with one attached hydrogen (secondary N) is 1. The maximum absolute atomic E-state index is 11.4. The van der Waals surface area contributed by atoms with Gasteiger partial charge in [-0.3, -0.25) is 4.79 Å². The molecule has 6 nitrogen and oxygen atoms in total. The molecule has 0 saturated heterocycles. The molecule has 0 bridgehead atoms. The number of hydrogen-bond donors (Lipinski definition) is 1. The number of H-pyrrole nitrogens is 1. The second-order valence-corrected chi connectivity index (χ2v) is 3.10. The molecule has 0 saturated carbocycles. The first-order valence-electron chi connectivity index (χ1n) is 4.79. The number of aromatic amines is 1. The summed E-state index contributed by atoms with van der Waals surface area (Å²) in [4.78, 5) is 19.2. The molecule has 2 heterocycles. The third-order valence-corrected chi connectivity index (χ3v) is 1.93. The first kappa shape index (κ1) is 10.3. The van der Waals surface area contributed by atoms with Crippen LogP contribution in [-0.2, 0) is 11.2 Å². The van der Waals surface area contributed by atoms with Crippen LogP contribution in [0.5, 0.6) is 5.88 Å². The van der Waals surface area contributed by atoms with Gasteiger partial charge in [0.05, 0.1) is 12.6 Å². The van der Waals surface area contributed by atoms with Gasteiger partial charge in [-0.15, -0.1) is 0 Å². The molecule has 2 aromatic heterocycles. The van der Waals surface area contributed by atoms with E-state index >= 15 is 0 Å². The fraction of sp³-hybridized carbons (Fsp3) is 0.200. The highest BCUT2D eigenvalue weighted by molar-refractivity contribution is 5.72. The van der Waals surface area contributed by atoms with Crippen molar-refractivity contribution < 1.29 is 9.53 Å². The summed E-state index contributed by atoms with van der Waals surface area (Å²) in [5.74, 6) is 0.0375. The molecule has 82 valence electrons. The lowest BCUT2D eigenvalue weighted by Gasteiger charge is -2.00. The highest BCUT2D eigenvalue weighted by Gasteiger charge is 2.06. The number of aryl methyl sites for hydroxylation is 1. The van der Waals surface area contributed by atoms with Crippen LogP contribution in [0.4, 0.5) is 0 Å². The second-order valence-electron chi connectivity index (χ2n) is 3.10. The Balaban J connectivity index is 1.80. The van der Waals surface area contributed by atoms with Crippen molar-refractivity contribution in [2.24, 2.45) is 0 Å². The second kappa shape index (κ2) is 5.01. The summed E-state index contributed by atoms with van der Waals surface area (Å²) in [7, 11) is 0. The number of aromatic nitrogens is 4. The Bertz CT molecular complexity index is 441. The van der Waals surface area contributed by atoms with Crippen molar-refractivity contribution in [1.29, 1.82) is 0 Å². The van der Waals surface area contributed by atoms with Crippen molar-refractivity contribution in [2.75, 3.05) is 0 Å². The van der Waals surface area contributed by atoms with E-state index in [1.165, 1.54) is 12.5 Å². The summed E-state index contributed by atoms with van der Waals surface area (Å²) in [6.45, 7) is 0. The van der Waals surface area contributed by atoms with Gasteiger partial charge in [-0.05, 0) is 6.07 Å². The van der Waals surface area contributed by atoms with Crippen LogP contribution in [-0.4, -0.2) is 26.1 Å². The van der Waals surface area contributed by atoms with Crippen molar-refractivity contribution in [1.82, 2.24) is 20.2 Å². The fourth-order valence-corrected chi connectivity index (χ4v) is 1.17. The summed E-state index contributed by atoms with van der Waals surface area (Å²) < 4.78 is 4.98. The summed E-state index contributed by atoms with van der Waals surface area (Å²) in [5, 5.41) is 6.22. The summed E-state index contributed by atoms with van der Waals surface area (Å²) >= 11 is 0. The highest BCUT2D eigenvalue weighted by Crippen LogP contribution is 2.05. The molecule has 0 fully saturated rings. The van der Waals surface area contributed by atoms with Crippen molar-refractivity contribution in [3.05, 3.63) is 36.5 Å². The van der Waals surface area contributed by atoms with Crippen LogP contribution in [0.2, 0.25) is 0 Å². The number of nitrogens with zero attached hydrogens (tertiary/aromatic N) is 3. The zero-order valence-corrected chi connectivity index (χ0v) is 8.46. The predicted octanol–water partition coefficient (Wildman–Crippen LogP) is 0.738. The molecule has 0 aliphatic heterocycles. The van der Waals surface area contributed by atoms with E-state index in [0.717, 1.165) is 5.69 Å². The number of carbonyl (C=O) groups excluding carboxylic acids is 1. The molecular formula is C10H10N4O2. The number of hydrogen-bond acceptors (Lipinski definition) is 5. The molecule has 2 aromatic rings. The largest absolute Gasteiger partial charge is 0.408 e. The van der Waals surface area contributed by atoms with Gasteiger partial charge in [-0.25, -0.2) is 15.1 Å². The summed E-state index contributed by atoms with van der Waals surface area (Å²) in [5.41, 5.74) is 0.816. The Labute approximate surface area is 91.7 Å². The van der Waals surface area contributed by atoms with Gasteiger partial charge in [-0.2, -0.15) is 5.10 Å². The Hall–Kier alpha value is -2.24. The number of ether oxygens (including phenoxy) is 1. The molecule has 0 aromatic carbocycles. The molecule has 2 rings (SSSR count). The van der Waals surface area contributed by atoms with Gasteiger partial charge in [0, 0.05) is 24.4 Å². The monoisotopic (exact) mass is 218 g/mol. The van der Waals surface area contributed by atoms with Gasteiger partial charge >= 0.3 is 5.97 Å². The van der Waals surface area contributed by atoms with Gasteiger partial charge < -0.3 is 4.74 Å². The lowest BCUT2D eigenvalue weighted by Crippen LogP contribution is -2.09. The molecule has 0 unspecified atom stereocenters. The minimum atomic E-state index is -0.317. The van der Waals surface area contributed by atoms with Crippen LogP contribution in [0.25, 0.3) is 0 Å². The Morgan fingerprint density at radius 1 is 1.38 bits per heavy atom. The van der Waals surface area contributed by atoms with E-state index in [2.05, 4.69) is 20.2 Å². The standard InChI is InChI=1S/C10H10N4O2/c15-10(16-9-4-6-13-14-9)2-1-8-3-5-11-7-12-8/h3-7H,1-2H2,(H,13,14). The van der Waals surface area contributed by atoms with Gasteiger partial charge in [0.1, 0.15) is 6.33 Å². The molecule has 0 spiro atoms. The van der Waals surface area contributed by atoms with Crippen LogP contribution in [0.3, 0.4) is 0 Å². The predicted molar refractivity (Wildman–Crippen MR) is 54.6 cm³/mol. The zero-order valence-electron chi connectivity index (χ0n) is 8.46. The average Bonchev–Trinajstić information content (AvgIpc) is 2.81. The minimum absolute atomic E-state index is 0.274. The SMILES string of the molecule is O=C(CCc1ccncn1)Oc1ccn[nH]1. The maximum atomic E-state index is 11.4. The van der Waals surface area contributed by atoms with Crippen LogP contribution in [0.1, 0.15) is 12.1 Å². The molecule has 0 aliphatic carbocycles. The lowest BCUT2D eigenvalue weighted by atomic mass is 10.2. The quantitative estimate of drug-likeness (QED) is 0.765. The van der Waals surface area contributed by atoms with Crippen LogP contribution < -0.4 is 4.74 Å². The number of esters is 1. The van der Waals surface area contributed by atoms with E-state index in [1.54, 1.807) is 18.3 Å². The van der Waals surface area contributed by atoms with Crippen molar-refractivity contribution in [2.45, 2.75) is 12.8 Å². The minimum Gasteiger partial charge on any atom is -0.408 e. The van der Waals surface area contributed by atoms with E-state index in [1.807, 2.05) is 0 Å². The molecule has 0 radical (unpaired) electrons. The first-order chi connectivity index (χ1) is 7.84. The maximum Gasteiger partial charge on any atom is 0.312 e. The highest BCUT2D eigenvalue weighted by atomic mass is 16.5. The van der Waals surface area contributed by atoms with Crippen molar-refractivity contribution >= 4 is 5.97 Å². The first-order valence-corrected chi connectivity index (χ1v) is 4.79. The van der Waals surface area contributed by atoms with Gasteiger partial charge in [0.25, 0.3) is 0 Å². The van der Waals surface area contributed by atoms with E-state index < -0.39 is 0 Å². The molecule has 0 amide bonds. The average molecular weight is 218 g/mol. The Morgan fingerprint density at radius 3 is 3.00 bits per heavy atom. The third kappa shape index (κ3) is 2.88.